The Hall–Kier alpha value is -2.31. The molecule has 0 amide bonds. The van der Waals surface area contributed by atoms with Crippen molar-refractivity contribution in [1.82, 2.24) is 4.90 Å². The van der Waals surface area contributed by atoms with Gasteiger partial charge in [0.05, 0.1) is 13.8 Å². The second-order valence-electron chi connectivity index (χ2n) is 3.98. The van der Waals surface area contributed by atoms with Crippen LogP contribution in [0, 0.1) is 0 Å². The van der Waals surface area contributed by atoms with E-state index < -0.39 is 6.61 Å². The molecule has 0 spiro atoms. The first-order valence-electron chi connectivity index (χ1n) is 5.96. The van der Waals surface area contributed by atoms with Crippen LogP contribution in [0.1, 0.15) is 0 Å². The Morgan fingerprint density at radius 3 is 2.90 bits per heavy atom. The van der Waals surface area contributed by atoms with Gasteiger partial charge in [-0.2, -0.15) is 8.78 Å². The summed E-state index contributed by atoms with van der Waals surface area (Å²) < 4.78 is 33.8. The van der Waals surface area contributed by atoms with Crippen LogP contribution in [0.4, 0.5) is 14.5 Å². The van der Waals surface area contributed by atoms with E-state index >= 15 is 0 Å². The van der Waals surface area contributed by atoms with Gasteiger partial charge in [0.15, 0.2) is 11.5 Å². The number of halogens is 2. The number of rotatable bonds is 6. The van der Waals surface area contributed by atoms with Crippen molar-refractivity contribution in [3.05, 3.63) is 30.5 Å². The van der Waals surface area contributed by atoms with Crippen LogP contribution >= 0.6 is 0 Å². The van der Waals surface area contributed by atoms with Crippen LogP contribution in [0.3, 0.4) is 0 Å². The Bertz CT molecular complexity index is 506. The molecule has 0 fully saturated rings. The van der Waals surface area contributed by atoms with E-state index in [-0.39, 0.29) is 11.5 Å². The maximum atomic E-state index is 12.2. The Balaban J connectivity index is 1.98. The molecule has 1 aliphatic rings. The molecule has 1 aliphatic heterocycles. The highest BCUT2D eigenvalue weighted by atomic mass is 19.3. The van der Waals surface area contributed by atoms with Gasteiger partial charge in [0.25, 0.3) is 0 Å². The highest BCUT2D eigenvalue weighted by Crippen LogP contribution is 2.31. The summed E-state index contributed by atoms with van der Waals surface area (Å²) >= 11 is 0. The summed E-state index contributed by atoms with van der Waals surface area (Å²) in [7, 11) is 1.40. The minimum absolute atomic E-state index is 0.00974. The van der Waals surface area contributed by atoms with Crippen molar-refractivity contribution in [3.8, 4) is 11.5 Å². The number of anilines is 1. The minimum atomic E-state index is -2.88. The molecule has 1 N–H and O–H groups in total. The van der Waals surface area contributed by atoms with E-state index in [1.54, 1.807) is 18.3 Å². The number of nitrogens with zero attached hydrogens (tertiary/aromatic N) is 2. The van der Waals surface area contributed by atoms with E-state index in [0.717, 1.165) is 5.69 Å². The lowest BCUT2D eigenvalue weighted by atomic mass is 10.3. The number of hydrogen-bond acceptors (Lipinski definition) is 5. The highest BCUT2D eigenvalue weighted by molar-refractivity contribution is 5.71. The zero-order valence-corrected chi connectivity index (χ0v) is 10.9. The molecule has 0 aromatic heterocycles. The number of hydrogen-bond donors (Lipinski definition) is 1. The maximum absolute atomic E-state index is 12.2. The van der Waals surface area contributed by atoms with Gasteiger partial charge in [-0.3, -0.25) is 4.99 Å². The first-order chi connectivity index (χ1) is 9.69. The summed E-state index contributed by atoms with van der Waals surface area (Å²) in [6.07, 6.45) is 5.48. The summed E-state index contributed by atoms with van der Waals surface area (Å²) in [6, 6.07) is 4.70. The second-order valence-corrected chi connectivity index (χ2v) is 3.98. The van der Waals surface area contributed by atoms with Crippen molar-refractivity contribution >= 4 is 11.9 Å². The zero-order chi connectivity index (χ0) is 14.4. The van der Waals surface area contributed by atoms with Gasteiger partial charge in [0.1, 0.15) is 6.67 Å². The molecule has 0 unspecified atom stereocenters. The predicted octanol–water partition coefficient (Wildman–Crippen LogP) is 2.52. The lowest BCUT2D eigenvalue weighted by molar-refractivity contribution is -0.0512. The maximum Gasteiger partial charge on any atom is 0.387 e. The molecule has 1 aromatic rings. The molecule has 0 saturated heterocycles. The van der Waals surface area contributed by atoms with E-state index in [9.17, 15) is 8.78 Å². The van der Waals surface area contributed by atoms with Crippen LogP contribution in [-0.2, 0) is 0 Å². The van der Waals surface area contributed by atoms with Gasteiger partial charge in [-0.1, -0.05) is 0 Å². The van der Waals surface area contributed by atoms with Crippen LogP contribution in [0.5, 0.6) is 11.5 Å². The summed E-state index contributed by atoms with van der Waals surface area (Å²) in [5.74, 6) is 0.262. The Kier molecular flexibility index (Phi) is 4.75. The van der Waals surface area contributed by atoms with E-state index in [2.05, 4.69) is 15.0 Å². The molecule has 1 aromatic carbocycles. The van der Waals surface area contributed by atoms with Crippen molar-refractivity contribution in [2.24, 2.45) is 4.99 Å². The third kappa shape index (κ3) is 3.84. The van der Waals surface area contributed by atoms with E-state index in [4.69, 9.17) is 4.74 Å². The van der Waals surface area contributed by atoms with E-state index in [1.165, 1.54) is 13.2 Å². The van der Waals surface area contributed by atoms with Gasteiger partial charge in [0, 0.05) is 24.2 Å². The highest BCUT2D eigenvalue weighted by Gasteiger charge is 2.11. The van der Waals surface area contributed by atoms with Gasteiger partial charge >= 0.3 is 6.61 Å². The summed E-state index contributed by atoms with van der Waals surface area (Å²) in [6.45, 7) is -1.75. The quantitative estimate of drug-likeness (QED) is 0.871. The largest absolute Gasteiger partial charge is 0.493 e. The molecule has 0 bridgehead atoms. The fourth-order valence-corrected chi connectivity index (χ4v) is 1.69. The molecule has 5 nitrogen and oxygen atoms in total. The lowest BCUT2D eigenvalue weighted by Crippen LogP contribution is -2.26. The fourth-order valence-electron chi connectivity index (χ4n) is 1.69. The van der Waals surface area contributed by atoms with Crippen LogP contribution in [0.15, 0.2) is 35.5 Å². The minimum Gasteiger partial charge on any atom is -0.493 e. The number of allylic oxidation sites excluding steroid dienone is 1. The molecule has 0 radical (unpaired) electrons. The average Bonchev–Trinajstić information content (AvgIpc) is 2.46. The predicted molar refractivity (Wildman–Crippen MR) is 72.5 cm³/mol. The van der Waals surface area contributed by atoms with Gasteiger partial charge in [-0.25, -0.2) is 0 Å². The molecular formula is C13H15F2N3O2. The molecule has 0 saturated carbocycles. The Morgan fingerprint density at radius 2 is 2.25 bits per heavy atom. The van der Waals surface area contributed by atoms with Crippen LogP contribution in [0.2, 0.25) is 0 Å². The number of alkyl halides is 2. The topological polar surface area (TPSA) is 46.1 Å². The monoisotopic (exact) mass is 283 g/mol. The molecule has 2 rings (SSSR count). The standard InChI is InChI=1S/C13H15F2N3O2/c1-19-12-7-10(3-4-11(12)20-13(14)15)17-9-18-6-2-5-16-8-18/h2-7,13,17H,8-9H2,1H3. The van der Waals surface area contributed by atoms with Crippen LogP contribution < -0.4 is 14.8 Å². The van der Waals surface area contributed by atoms with Crippen molar-refractivity contribution in [3.63, 3.8) is 0 Å². The lowest BCUT2D eigenvalue weighted by Gasteiger charge is -2.21. The number of nitrogens with one attached hydrogen (secondary N) is 1. The summed E-state index contributed by atoms with van der Waals surface area (Å²) in [4.78, 5) is 6.05. The van der Waals surface area contributed by atoms with Crippen molar-refractivity contribution in [2.45, 2.75) is 6.61 Å². The van der Waals surface area contributed by atoms with Crippen LogP contribution in [-0.4, -0.2) is 38.2 Å². The molecule has 0 atom stereocenters. The van der Waals surface area contributed by atoms with Crippen molar-refractivity contribution in [2.75, 3.05) is 25.8 Å². The normalized spacial score (nSPS) is 13.7. The number of aliphatic imine (C=N–C) groups is 1. The first-order valence-corrected chi connectivity index (χ1v) is 5.96. The SMILES string of the molecule is COc1cc(NCN2C=CC=NC2)ccc1OC(F)F. The zero-order valence-electron chi connectivity index (χ0n) is 10.9. The number of benzene rings is 1. The number of methoxy groups -OCH3 is 1. The second kappa shape index (κ2) is 6.74. The van der Waals surface area contributed by atoms with E-state index in [1.807, 2.05) is 17.2 Å². The third-order valence-corrected chi connectivity index (χ3v) is 2.62. The first kappa shape index (κ1) is 14.1. The summed E-state index contributed by atoms with van der Waals surface area (Å²) in [5, 5.41) is 3.15. The number of ether oxygens (including phenoxy) is 2. The Morgan fingerprint density at radius 1 is 1.40 bits per heavy atom. The average molecular weight is 283 g/mol. The molecule has 7 heteroatoms. The molecular weight excluding hydrogens is 268 g/mol. The van der Waals surface area contributed by atoms with Gasteiger partial charge in [-0.15, -0.1) is 0 Å². The molecule has 0 aliphatic carbocycles. The summed E-state index contributed by atoms with van der Waals surface area (Å²) in [5.41, 5.74) is 0.742. The van der Waals surface area contributed by atoms with Crippen molar-refractivity contribution in [1.29, 1.82) is 0 Å². The smallest absolute Gasteiger partial charge is 0.387 e. The fraction of sp³-hybridized carbons (Fsp3) is 0.308. The van der Waals surface area contributed by atoms with Gasteiger partial charge < -0.3 is 19.7 Å². The third-order valence-electron chi connectivity index (χ3n) is 2.62. The molecule has 1 heterocycles. The van der Waals surface area contributed by atoms with Gasteiger partial charge in [0.2, 0.25) is 0 Å². The van der Waals surface area contributed by atoms with E-state index in [0.29, 0.717) is 13.3 Å². The van der Waals surface area contributed by atoms with Crippen molar-refractivity contribution < 1.29 is 18.3 Å². The Labute approximate surface area is 115 Å². The molecule has 20 heavy (non-hydrogen) atoms. The van der Waals surface area contributed by atoms with Crippen LogP contribution in [0.25, 0.3) is 0 Å². The van der Waals surface area contributed by atoms with Gasteiger partial charge in [-0.05, 0) is 18.2 Å². The molecule has 108 valence electrons.